The molecule has 0 heterocycles. The van der Waals surface area contributed by atoms with Gasteiger partial charge >= 0.3 is 0 Å². The highest BCUT2D eigenvalue weighted by Gasteiger charge is 2.13. The molecule has 1 aromatic carbocycles. The first-order valence-electron chi connectivity index (χ1n) is 9.28. The molecule has 0 amide bonds. The Bertz CT molecular complexity index is 604. The van der Waals surface area contributed by atoms with Crippen LogP contribution >= 0.6 is 0 Å². The van der Waals surface area contributed by atoms with Crippen molar-refractivity contribution in [3.8, 4) is 5.75 Å². The van der Waals surface area contributed by atoms with Crippen LogP contribution in [0.1, 0.15) is 37.0 Å². The average molecular weight is 360 g/mol. The lowest BCUT2D eigenvalue weighted by Gasteiger charge is -2.20. The molecule has 4 heteroatoms. The molecule has 0 radical (unpaired) electrons. The first-order valence-corrected chi connectivity index (χ1v) is 9.28. The zero-order valence-electron chi connectivity index (χ0n) is 16.7. The number of hydrogen-bond donors (Lipinski definition) is 0. The predicted octanol–water partition coefficient (Wildman–Crippen LogP) is 4.59. The van der Waals surface area contributed by atoms with Crippen LogP contribution in [0.2, 0.25) is 0 Å². The van der Waals surface area contributed by atoms with E-state index in [1.807, 2.05) is 0 Å². The first kappa shape index (κ1) is 20.7. The Hall–Kier alpha value is -1.62. The van der Waals surface area contributed by atoms with Gasteiger partial charge in [-0.1, -0.05) is 49.8 Å². The van der Waals surface area contributed by atoms with Gasteiger partial charge in [-0.2, -0.15) is 0 Å². The Morgan fingerprint density at radius 1 is 1.04 bits per heavy atom. The highest BCUT2D eigenvalue weighted by Crippen LogP contribution is 2.28. The van der Waals surface area contributed by atoms with Crippen LogP contribution in [0.5, 0.6) is 5.75 Å². The standard InChI is InChI=1S/C22H32O4/c1-16(2)18-6-8-21(9-7-18)25-10-11-26-22-19(14-23-4)12-17(3)13-20(22)15-24-5/h6-8,12-13,16,21H,9-11,14-15H2,1-5H3. The first-order chi connectivity index (χ1) is 12.5. The van der Waals surface area contributed by atoms with Crippen LogP contribution in [-0.2, 0) is 27.4 Å². The lowest BCUT2D eigenvalue weighted by atomic mass is 9.96. The minimum atomic E-state index is 0.135. The molecule has 1 aliphatic rings. The molecule has 1 atom stereocenters. The minimum absolute atomic E-state index is 0.135. The van der Waals surface area contributed by atoms with E-state index in [0.29, 0.717) is 32.3 Å². The van der Waals surface area contributed by atoms with Gasteiger partial charge in [-0.05, 0) is 24.8 Å². The Morgan fingerprint density at radius 3 is 2.19 bits per heavy atom. The monoisotopic (exact) mass is 360 g/mol. The lowest BCUT2D eigenvalue weighted by molar-refractivity contribution is 0.0597. The van der Waals surface area contributed by atoms with E-state index in [9.17, 15) is 0 Å². The molecule has 0 fully saturated rings. The van der Waals surface area contributed by atoms with Gasteiger partial charge in [0, 0.05) is 25.3 Å². The Balaban J connectivity index is 1.90. The van der Waals surface area contributed by atoms with Crippen molar-refractivity contribution in [2.24, 2.45) is 5.92 Å². The molecule has 0 N–H and O–H groups in total. The number of allylic oxidation sites excluding steroid dienone is 2. The Morgan fingerprint density at radius 2 is 1.69 bits per heavy atom. The number of aryl methyl sites for hydroxylation is 1. The third kappa shape index (κ3) is 5.97. The zero-order chi connectivity index (χ0) is 18.9. The average Bonchev–Trinajstić information content (AvgIpc) is 2.61. The van der Waals surface area contributed by atoms with Crippen molar-refractivity contribution in [2.75, 3.05) is 27.4 Å². The normalized spacial score (nSPS) is 16.8. The van der Waals surface area contributed by atoms with Crippen molar-refractivity contribution in [3.05, 3.63) is 52.6 Å². The van der Waals surface area contributed by atoms with Crippen LogP contribution in [-0.4, -0.2) is 33.5 Å². The summed E-state index contributed by atoms with van der Waals surface area (Å²) < 4.78 is 22.6. The van der Waals surface area contributed by atoms with Crippen LogP contribution in [0.4, 0.5) is 0 Å². The van der Waals surface area contributed by atoms with Crippen LogP contribution in [0, 0.1) is 12.8 Å². The quantitative estimate of drug-likeness (QED) is 0.572. The van der Waals surface area contributed by atoms with Crippen molar-refractivity contribution < 1.29 is 18.9 Å². The number of ether oxygens (including phenoxy) is 4. The van der Waals surface area contributed by atoms with Crippen molar-refractivity contribution in [1.29, 1.82) is 0 Å². The van der Waals surface area contributed by atoms with E-state index < -0.39 is 0 Å². The largest absolute Gasteiger partial charge is 0.490 e. The highest BCUT2D eigenvalue weighted by atomic mass is 16.5. The number of methoxy groups -OCH3 is 2. The molecule has 0 saturated carbocycles. The van der Waals surface area contributed by atoms with Crippen LogP contribution in [0.25, 0.3) is 0 Å². The summed E-state index contributed by atoms with van der Waals surface area (Å²) in [5, 5.41) is 0. The molecular weight excluding hydrogens is 328 g/mol. The maximum Gasteiger partial charge on any atom is 0.130 e. The summed E-state index contributed by atoms with van der Waals surface area (Å²) in [6, 6.07) is 4.20. The predicted molar refractivity (Wildman–Crippen MR) is 105 cm³/mol. The number of rotatable bonds is 10. The molecule has 1 aliphatic carbocycles. The van der Waals surface area contributed by atoms with Crippen LogP contribution in [0.3, 0.4) is 0 Å². The van der Waals surface area contributed by atoms with Gasteiger partial charge in [0.05, 0.1) is 25.9 Å². The second kappa shape index (κ2) is 10.5. The van der Waals surface area contributed by atoms with E-state index in [4.69, 9.17) is 18.9 Å². The fourth-order valence-corrected chi connectivity index (χ4v) is 3.15. The number of benzene rings is 1. The fourth-order valence-electron chi connectivity index (χ4n) is 3.15. The van der Waals surface area contributed by atoms with Crippen molar-refractivity contribution in [1.82, 2.24) is 0 Å². The summed E-state index contributed by atoms with van der Waals surface area (Å²) >= 11 is 0. The molecule has 4 nitrogen and oxygen atoms in total. The topological polar surface area (TPSA) is 36.9 Å². The molecule has 144 valence electrons. The molecule has 0 aromatic heterocycles. The van der Waals surface area contributed by atoms with Crippen LogP contribution < -0.4 is 4.74 Å². The molecule has 2 rings (SSSR count). The maximum atomic E-state index is 6.05. The molecule has 1 aromatic rings. The van der Waals surface area contributed by atoms with Gasteiger partial charge < -0.3 is 18.9 Å². The third-order valence-corrected chi connectivity index (χ3v) is 4.40. The summed E-state index contributed by atoms with van der Waals surface area (Å²) in [4.78, 5) is 0. The SMILES string of the molecule is COCc1cc(C)cc(COC)c1OCCOC1C=CC(C(C)C)=CC1. The Labute approximate surface area is 157 Å². The van der Waals surface area contributed by atoms with Gasteiger partial charge in [-0.3, -0.25) is 0 Å². The fraction of sp³-hybridized carbons (Fsp3) is 0.545. The van der Waals surface area contributed by atoms with Gasteiger partial charge in [0.25, 0.3) is 0 Å². The third-order valence-electron chi connectivity index (χ3n) is 4.40. The van der Waals surface area contributed by atoms with Gasteiger partial charge in [-0.15, -0.1) is 0 Å². The molecule has 0 spiro atoms. The summed E-state index contributed by atoms with van der Waals surface area (Å²) in [6.45, 7) is 8.57. The summed E-state index contributed by atoms with van der Waals surface area (Å²) in [6.07, 6.45) is 7.65. The molecule has 26 heavy (non-hydrogen) atoms. The van der Waals surface area contributed by atoms with Gasteiger partial charge in [-0.25, -0.2) is 0 Å². The molecule has 1 unspecified atom stereocenters. The summed E-state index contributed by atoms with van der Waals surface area (Å²) in [5.74, 6) is 1.42. The zero-order valence-corrected chi connectivity index (χ0v) is 16.7. The van der Waals surface area contributed by atoms with E-state index in [0.717, 1.165) is 23.3 Å². The van der Waals surface area contributed by atoms with E-state index in [1.54, 1.807) is 14.2 Å². The summed E-state index contributed by atoms with van der Waals surface area (Å²) in [5.41, 5.74) is 4.64. The second-order valence-electron chi connectivity index (χ2n) is 6.99. The second-order valence-corrected chi connectivity index (χ2v) is 6.99. The van der Waals surface area contributed by atoms with E-state index in [-0.39, 0.29) is 6.10 Å². The molecule has 0 saturated heterocycles. The van der Waals surface area contributed by atoms with E-state index in [1.165, 1.54) is 11.1 Å². The lowest BCUT2D eigenvalue weighted by Crippen LogP contribution is -2.17. The maximum absolute atomic E-state index is 6.05. The smallest absolute Gasteiger partial charge is 0.130 e. The van der Waals surface area contributed by atoms with Crippen molar-refractivity contribution in [2.45, 2.75) is 46.5 Å². The Kier molecular flexibility index (Phi) is 8.36. The van der Waals surface area contributed by atoms with Crippen molar-refractivity contribution >= 4 is 0 Å². The molecular formula is C22H32O4. The van der Waals surface area contributed by atoms with Gasteiger partial charge in [0.1, 0.15) is 12.4 Å². The van der Waals surface area contributed by atoms with Crippen LogP contribution in [0.15, 0.2) is 35.9 Å². The molecule has 0 bridgehead atoms. The van der Waals surface area contributed by atoms with E-state index in [2.05, 4.69) is 51.1 Å². The van der Waals surface area contributed by atoms with E-state index >= 15 is 0 Å². The molecule has 0 aliphatic heterocycles. The minimum Gasteiger partial charge on any atom is -0.490 e. The van der Waals surface area contributed by atoms with Gasteiger partial charge in [0.15, 0.2) is 0 Å². The van der Waals surface area contributed by atoms with Crippen molar-refractivity contribution in [3.63, 3.8) is 0 Å². The van der Waals surface area contributed by atoms with Gasteiger partial charge in [0.2, 0.25) is 0 Å². The highest BCUT2D eigenvalue weighted by molar-refractivity contribution is 5.44. The summed E-state index contributed by atoms with van der Waals surface area (Å²) in [7, 11) is 3.39. The number of hydrogen-bond acceptors (Lipinski definition) is 4.